The molecule has 5 atom stereocenters. The summed E-state index contributed by atoms with van der Waals surface area (Å²) in [5.41, 5.74) is 4.91. The zero-order valence-electron chi connectivity index (χ0n) is 33.8. The Morgan fingerprint density at radius 2 is 1.54 bits per heavy atom. The summed E-state index contributed by atoms with van der Waals surface area (Å²) in [5, 5.41) is 22.8. The molecule has 3 unspecified atom stereocenters. The third-order valence-corrected chi connectivity index (χ3v) is 17.4. The first-order chi connectivity index (χ1) is 24.6. The van der Waals surface area contributed by atoms with Gasteiger partial charge in [0.25, 0.3) is 6.17 Å². The third kappa shape index (κ3) is 7.85. The normalized spacial score (nSPS) is 21.1. The summed E-state index contributed by atoms with van der Waals surface area (Å²) < 4.78 is 36.0. The Kier molecular flexibility index (Phi) is 13.8. The maximum absolute atomic E-state index is 11.9. The van der Waals surface area contributed by atoms with E-state index < -0.39 is 14.5 Å². The molecule has 1 saturated heterocycles. The van der Waals surface area contributed by atoms with Crippen molar-refractivity contribution in [2.24, 2.45) is 5.92 Å². The number of hydrogen-bond acceptors (Lipinski definition) is 10. The smallest absolute Gasteiger partial charge is 0.295 e. The molecule has 0 spiro atoms. The van der Waals surface area contributed by atoms with Gasteiger partial charge in [0.05, 0.1) is 41.2 Å². The van der Waals surface area contributed by atoms with Gasteiger partial charge in [-0.2, -0.15) is 0 Å². The lowest BCUT2D eigenvalue weighted by Gasteiger charge is -2.46. The van der Waals surface area contributed by atoms with E-state index >= 15 is 0 Å². The van der Waals surface area contributed by atoms with E-state index in [-0.39, 0.29) is 35.6 Å². The van der Waals surface area contributed by atoms with Crippen LogP contribution in [0.1, 0.15) is 74.9 Å². The van der Waals surface area contributed by atoms with E-state index in [0.29, 0.717) is 78.8 Å². The average Bonchev–Trinajstić information content (AvgIpc) is 3.09. The van der Waals surface area contributed by atoms with Crippen molar-refractivity contribution < 1.29 is 38.3 Å². The van der Waals surface area contributed by atoms with Crippen LogP contribution in [0.5, 0.6) is 34.5 Å². The number of rotatable bonds is 15. The van der Waals surface area contributed by atoms with Crippen LogP contribution < -0.4 is 18.9 Å². The molecule has 11 nitrogen and oxygen atoms in total. The van der Waals surface area contributed by atoms with Crippen LogP contribution in [0.15, 0.2) is 6.07 Å². The van der Waals surface area contributed by atoms with Crippen LogP contribution in [0.25, 0.3) is 4.85 Å². The number of phenols is 2. The van der Waals surface area contributed by atoms with Crippen molar-refractivity contribution >= 4 is 8.32 Å². The molecular weight excluding hydrogens is 679 g/mol. The van der Waals surface area contributed by atoms with Crippen LogP contribution >= 0.6 is 0 Å². The minimum atomic E-state index is -1.89. The Balaban J connectivity index is 1.72. The molecule has 2 aliphatic heterocycles. The number of ether oxygens (including phenoxy) is 5. The number of methoxy groups -OCH3 is 4. The first-order valence-electron chi connectivity index (χ1n) is 18.6. The van der Waals surface area contributed by atoms with Crippen LogP contribution in [-0.4, -0.2) is 108 Å². The van der Waals surface area contributed by atoms with Gasteiger partial charge in [-0.25, -0.2) is 11.5 Å². The van der Waals surface area contributed by atoms with Crippen LogP contribution in [0.3, 0.4) is 0 Å². The van der Waals surface area contributed by atoms with Crippen molar-refractivity contribution in [2.45, 2.75) is 110 Å². The number of phenolic OH excluding ortho intramolecular Hbond substituents is 2. The second-order valence-corrected chi connectivity index (χ2v) is 20.4. The predicted molar refractivity (Wildman–Crippen MR) is 207 cm³/mol. The summed E-state index contributed by atoms with van der Waals surface area (Å²) in [5.74, 6) is 2.08. The Hall–Kier alpha value is -3.21. The van der Waals surface area contributed by atoms with Crippen molar-refractivity contribution in [1.29, 1.82) is 0 Å². The molecular formula is C40H63N3O8Si. The molecule has 0 aromatic heterocycles. The van der Waals surface area contributed by atoms with Crippen molar-refractivity contribution in [2.75, 3.05) is 61.8 Å². The fourth-order valence-electron chi connectivity index (χ4n) is 8.67. The highest BCUT2D eigenvalue weighted by atomic mass is 28.4. The molecule has 0 aliphatic carbocycles. The van der Waals surface area contributed by atoms with Gasteiger partial charge in [-0.15, -0.1) is 0 Å². The minimum absolute atomic E-state index is 0.0324. The standard InChI is InChI=1S/C40H63N3O8Si/c1-23(2)52(14,24(3)4)51-17-15-29-22-43(16-18-50-29)40(41-8)31-21-30-33(35(45)39(49-13)27(7)37(30)47-11)34(42(31)9)25(5)19-28-20-32(44)38(48-12)26(6)36(28)46-10/h20,23-25,29,31,34,40,44-45H,15-19,21-22H2,1-7,9-14H3/t25?,29-,31?,34?,40+/m0/s1. The van der Waals surface area contributed by atoms with Gasteiger partial charge in [0.1, 0.15) is 17.5 Å². The van der Waals surface area contributed by atoms with Crippen LogP contribution in [-0.2, 0) is 22.0 Å². The molecule has 0 radical (unpaired) electrons. The molecule has 0 amide bonds. The summed E-state index contributed by atoms with van der Waals surface area (Å²) >= 11 is 0. The summed E-state index contributed by atoms with van der Waals surface area (Å²) in [7, 11) is 6.51. The molecule has 2 aromatic rings. The van der Waals surface area contributed by atoms with E-state index in [1.165, 1.54) is 7.11 Å². The van der Waals surface area contributed by atoms with E-state index in [1.807, 2.05) is 20.9 Å². The van der Waals surface area contributed by atoms with Gasteiger partial charge >= 0.3 is 0 Å². The largest absolute Gasteiger partial charge is 0.504 e. The maximum Gasteiger partial charge on any atom is 0.295 e. The van der Waals surface area contributed by atoms with E-state index in [4.69, 9.17) is 34.7 Å². The molecule has 290 valence electrons. The second kappa shape index (κ2) is 17.3. The van der Waals surface area contributed by atoms with Crippen molar-refractivity contribution in [3.8, 4) is 34.5 Å². The Labute approximate surface area is 313 Å². The second-order valence-electron chi connectivity index (χ2n) is 15.4. The van der Waals surface area contributed by atoms with Gasteiger partial charge in [0, 0.05) is 54.4 Å². The summed E-state index contributed by atoms with van der Waals surface area (Å²) in [6.07, 6.45) is 1.30. The van der Waals surface area contributed by atoms with Gasteiger partial charge in [-0.1, -0.05) is 34.6 Å². The van der Waals surface area contributed by atoms with Crippen LogP contribution in [0.2, 0.25) is 17.6 Å². The molecule has 4 rings (SSSR count). The zero-order valence-corrected chi connectivity index (χ0v) is 34.8. The third-order valence-electron chi connectivity index (χ3n) is 12.0. The van der Waals surface area contributed by atoms with E-state index in [0.717, 1.165) is 28.7 Å². The number of benzene rings is 2. The first kappa shape index (κ1) is 41.5. The maximum atomic E-state index is 11.9. The Morgan fingerprint density at radius 3 is 2.10 bits per heavy atom. The SMILES string of the molecule is [C-]#[N+][C@@H](C1Cc2c(OC)c(C)c(OC)c(O)c2C(C(C)Cc2cc(O)c(OC)c(C)c2OC)N1C)N1CCO[C@@H](CCO[Si](C)(C(C)C)C(C)C)C1. The van der Waals surface area contributed by atoms with Gasteiger partial charge < -0.3 is 38.3 Å². The molecule has 2 N–H and O–H groups in total. The molecule has 2 aromatic carbocycles. The number of hydrogen-bond donors (Lipinski definition) is 2. The number of likely N-dealkylation sites (N-methyl/N-ethyl adjacent to an activating group) is 1. The number of aromatic hydroxyl groups is 2. The van der Waals surface area contributed by atoms with Crippen LogP contribution in [0.4, 0.5) is 0 Å². The summed E-state index contributed by atoms with van der Waals surface area (Å²) in [4.78, 5) is 8.82. The Bertz CT molecular complexity index is 1590. The quantitative estimate of drug-likeness (QED) is 0.143. The average molecular weight is 742 g/mol. The molecule has 0 bridgehead atoms. The topological polar surface area (TPSA) is 107 Å². The Morgan fingerprint density at radius 1 is 0.942 bits per heavy atom. The van der Waals surface area contributed by atoms with E-state index in [1.54, 1.807) is 27.4 Å². The molecule has 0 saturated carbocycles. The lowest BCUT2D eigenvalue weighted by molar-refractivity contribution is -0.0603. The van der Waals surface area contributed by atoms with Crippen molar-refractivity contribution in [1.82, 2.24) is 9.80 Å². The first-order valence-corrected chi connectivity index (χ1v) is 21.1. The fraction of sp³-hybridized carbons (Fsp3) is 0.675. The molecule has 2 aliphatic rings. The highest BCUT2D eigenvalue weighted by molar-refractivity contribution is 6.75. The van der Waals surface area contributed by atoms with Gasteiger partial charge in [-0.05, 0) is 68.9 Å². The van der Waals surface area contributed by atoms with E-state index in [9.17, 15) is 10.2 Å². The molecule has 2 heterocycles. The lowest BCUT2D eigenvalue weighted by Crippen LogP contribution is -2.57. The zero-order chi connectivity index (χ0) is 38.7. The van der Waals surface area contributed by atoms with Crippen molar-refractivity contribution in [3.63, 3.8) is 0 Å². The summed E-state index contributed by atoms with van der Waals surface area (Å²) in [6, 6.07) is 1.14. The predicted octanol–water partition coefficient (Wildman–Crippen LogP) is 7.27. The van der Waals surface area contributed by atoms with E-state index in [2.05, 4.69) is 55.8 Å². The van der Waals surface area contributed by atoms with Crippen LogP contribution in [0, 0.1) is 26.3 Å². The molecule has 1 fully saturated rings. The number of fused-ring (bicyclic) bond motifs is 1. The van der Waals surface area contributed by atoms with Gasteiger partial charge in [0.2, 0.25) is 0 Å². The minimum Gasteiger partial charge on any atom is -0.504 e. The van der Waals surface area contributed by atoms with Gasteiger partial charge in [-0.3, -0.25) is 9.74 Å². The number of nitrogens with zero attached hydrogens (tertiary/aromatic N) is 3. The number of morpholine rings is 1. The van der Waals surface area contributed by atoms with Gasteiger partial charge in [0.15, 0.2) is 31.3 Å². The monoisotopic (exact) mass is 741 g/mol. The molecule has 52 heavy (non-hydrogen) atoms. The highest BCUT2D eigenvalue weighted by Crippen LogP contribution is 2.53. The lowest BCUT2D eigenvalue weighted by atomic mass is 9.77. The fourth-order valence-corrected chi connectivity index (χ4v) is 11.2. The summed E-state index contributed by atoms with van der Waals surface area (Å²) in [6.45, 7) is 28.3. The highest BCUT2D eigenvalue weighted by Gasteiger charge is 2.48. The molecule has 12 heteroatoms. The van der Waals surface area contributed by atoms with Crippen molar-refractivity contribution in [3.05, 3.63) is 45.3 Å².